The quantitative estimate of drug-likeness (QED) is 0.753. The minimum Gasteiger partial charge on any atom is -0.484 e. The lowest BCUT2D eigenvalue weighted by Crippen LogP contribution is -2.42. The summed E-state index contributed by atoms with van der Waals surface area (Å²) < 4.78 is 5.45. The molecule has 1 fully saturated rings. The summed E-state index contributed by atoms with van der Waals surface area (Å²) in [6.45, 7) is 3.33. The van der Waals surface area contributed by atoms with Crippen molar-refractivity contribution in [2.24, 2.45) is 5.73 Å². The van der Waals surface area contributed by atoms with E-state index in [1.54, 1.807) is 0 Å². The van der Waals surface area contributed by atoms with Crippen molar-refractivity contribution in [3.05, 3.63) is 29.8 Å². The first-order valence-electron chi connectivity index (χ1n) is 7.50. The number of likely N-dealkylation sites (N-methyl/N-ethyl adjacent to an activating group) is 1. The number of rotatable bonds is 8. The van der Waals surface area contributed by atoms with E-state index in [-0.39, 0.29) is 12.5 Å². The lowest BCUT2D eigenvalue weighted by atomic mass is 10.2. The highest BCUT2D eigenvalue weighted by molar-refractivity contribution is 5.77. The Morgan fingerprint density at radius 1 is 1.43 bits per heavy atom. The van der Waals surface area contributed by atoms with Crippen molar-refractivity contribution in [3.8, 4) is 5.75 Å². The van der Waals surface area contributed by atoms with Crippen LogP contribution in [0.15, 0.2) is 24.3 Å². The molecule has 1 aromatic rings. The van der Waals surface area contributed by atoms with Crippen molar-refractivity contribution < 1.29 is 9.53 Å². The summed E-state index contributed by atoms with van der Waals surface area (Å²) in [7, 11) is 2.12. The van der Waals surface area contributed by atoms with E-state index in [4.69, 9.17) is 10.5 Å². The highest BCUT2D eigenvalue weighted by atomic mass is 16.5. The van der Waals surface area contributed by atoms with E-state index in [0.717, 1.165) is 5.56 Å². The zero-order chi connectivity index (χ0) is 15.2. The van der Waals surface area contributed by atoms with Gasteiger partial charge in [0.05, 0.1) is 0 Å². The molecule has 1 unspecified atom stereocenters. The minimum absolute atomic E-state index is 0.0435. The maximum Gasteiger partial charge on any atom is 0.257 e. The molecule has 3 N–H and O–H groups in total. The van der Waals surface area contributed by atoms with Gasteiger partial charge in [-0.1, -0.05) is 12.1 Å². The number of amides is 1. The Balaban J connectivity index is 1.66. The zero-order valence-electron chi connectivity index (χ0n) is 12.8. The van der Waals surface area contributed by atoms with Crippen molar-refractivity contribution in [3.63, 3.8) is 0 Å². The second-order valence-electron chi connectivity index (χ2n) is 5.69. The number of carbonyl (C=O) groups is 1. The average Bonchev–Trinajstić information content (AvgIpc) is 3.35. The first kappa shape index (κ1) is 15.8. The van der Waals surface area contributed by atoms with Crippen LogP contribution in [-0.4, -0.2) is 43.1 Å². The molecule has 21 heavy (non-hydrogen) atoms. The lowest BCUT2D eigenvalue weighted by molar-refractivity contribution is -0.123. The third-order valence-corrected chi connectivity index (χ3v) is 3.94. The van der Waals surface area contributed by atoms with Crippen LogP contribution in [0.1, 0.15) is 25.3 Å². The van der Waals surface area contributed by atoms with E-state index in [1.165, 1.54) is 12.8 Å². The molecule has 1 aliphatic rings. The van der Waals surface area contributed by atoms with Gasteiger partial charge in [-0.15, -0.1) is 0 Å². The molecule has 1 saturated carbocycles. The van der Waals surface area contributed by atoms with E-state index in [0.29, 0.717) is 30.9 Å². The van der Waals surface area contributed by atoms with Crippen LogP contribution in [0.3, 0.4) is 0 Å². The van der Waals surface area contributed by atoms with Crippen LogP contribution < -0.4 is 15.8 Å². The molecule has 1 aromatic carbocycles. The lowest BCUT2D eigenvalue weighted by Gasteiger charge is -2.24. The first-order chi connectivity index (χ1) is 10.1. The number of ether oxygens (including phenoxy) is 1. The highest BCUT2D eigenvalue weighted by Crippen LogP contribution is 2.26. The molecule has 0 radical (unpaired) electrons. The van der Waals surface area contributed by atoms with Gasteiger partial charge in [0.15, 0.2) is 6.61 Å². The SMILES string of the molecule is CC(CNC(=O)COc1ccc(CN)cc1)N(C)C1CC1. The summed E-state index contributed by atoms with van der Waals surface area (Å²) in [6, 6.07) is 8.53. The fourth-order valence-corrected chi connectivity index (χ4v) is 2.17. The first-order valence-corrected chi connectivity index (χ1v) is 7.50. The Kier molecular flexibility index (Phi) is 5.59. The predicted molar refractivity (Wildman–Crippen MR) is 83.1 cm³/mol. The van der Waals surface area contributed by atoms with Gasteiger partial charge >= 0.3 is 0 Å². The number of benzene rings is 1. The van der Waals surface area contributed by atoms with Crippen LogP contribution in [0.4, 0.5) is 0 Å². The Morgan fingerprint density at radius 3 is 2.67 bits per heavy atom. The predicted octanol–water partition coefficient (Wildman–Crippen LogP) is 1.12. The highest BCUT2D eigenvalue weighted by Gasteiger charge is 2.29. The van der Waals surface area contributed by atoms with Crippen LogP contribution >= 0.6 is 0 Å². The third-order valence-electron chi connectivity index (χ3n) is 3.94. The molecule has 0 saturated heterocycles. The molecule has 0 bridgehead atoms. The second-order valence-corrected chi connectivity index (χ2v) is 5.69. The summed E-state index contributed by atoms with van der Waals surface area (Å²) in [6.07, 6.45) is 2.55. The molecule has 1 atom stereocenters. The number of nitrogens with zero attached hydrogens (tertiary/aromatic N) is 1. The number of hydrogen-bond acceptors (Lipinski definition) is 4. The summed E-state index contributed by atoms with van der Waals surface area (Å²) in [5.74, 6) is 0.597. The zero-order valence-corrected chi connectivity index (χ0v) is 12.8. The summed E-state index contributed by atoms with van der Waals surface area (Å²) in [5.41, 5.74) is 6.58. The van der Waals surface area contributed by atoms with Crippen molar-refractivity contribution in [1.82, 2.24) is 10.2 Å². The smallest absolute Gasteiger partial charge is 0.257 e. The fourth-order valence-electron chi connectivity index (χ4n) is 2.17. The third kappa shape index (κ3) is 5.02. The van der Waals surface area contributed by atoms with Gasteiger partial charge in [0.25, 0.3) is 5.91 Å². The van der Waals surface area contributed by atoms with Gasteiger partial charge in [0.2, 0.25) is 0 Å². The largest absolute Gasteiger partial charge is 0.484 e. The van der Waals surface area contributed by atoms with Crippen LogP contribution in [0.25, 0.3) is 0 Å². The van der Waals surface area contributed by atoms with Crippen LogP contribution in [-0.2, 0) is 11.3 Å². The molecule has 0 spiro atoms. The van der Waals surface area contributed by atoms with Gasteiger partial charge in [0, 0.05) is 25.2 Å². The maximum atomic E-state index is 11.8. The van der Waals surface area contributed by atoms with E-state index < -0.39 is 0 Å². The number of nitrogens with one attached hydrogen (secondary N) is 1. The van der Waals surface area contributed by atoms with E-state index in [1.807, 2.05) is 24.3 Å². The maximum absolute atomic E-state index is 11.8. The molecular weight excluding hydrogens is 266 g/mol. The fraction of sp³-hybridized carbons (Fsp3) is 0.562. The molecule has 0 aliphatic heterocycles. The number of hydrogen-bond donors (Lipinski definition) is 2. The molecule has 2 rings (SSSR count). The van der Waals surface area contributed by atoms with Gasteiger partial charge in [-0.05, 0) is 44.5 Å². The van der Waals surface area contributed by atoms with Crippen LogP contribution in [0, 0.1) is 0 Å². The molecule has 0 aromatic heterocycles. The Morgan fingerprint density at radius 2 is 2.10 bits per heavy atom. The van der Waals surface area contributed by atoms with E-state index >= 15 is 0 Å². The molecular formula is C16H25N3O2. The Hall–Kier alpha value is -1.59. The van der Waals surface area contributed by atoms with Crippen molar-refractivity contribution >= 4 is 5.91 Å². The number of carbonyl (C=O) groups excluding carboxylic acids is 1. The number of nitrogens with two attached hydrogens (primary N) is 1. The summed E-state index contributed by atoms with van der Waals surface area (Å²) >= 11 is 0. The Labute approximate surface area is 126 Å². The van der Waals surface area contributed by atoms with Crippen LogP contribution in [0.5, 0.6) is 5.75 Å². The Bertz CT molecular complexity index is 457. The summed E-state index contributed by atoms with van der Waals surface area (Å²) in [5, 5.41) is 2.91. The van der Waals surface area contributed by atoms with Crippen molar-refractivity contribution in [1.29, 1.82) is 0 Å². The van der Waals surface area contributed by atoms with E-state index in [2.05, 4.69) is 24.2 Å². The van der Waals surface area contributed by atoms with Gasteiger partial charge in [-0.3, -0.25) is 9.69 Å². The standard InChI is InChI=1S/C16H25N3O2/c1-12(19(2)14-5-6-14)10-18-16(20)11-21-15-7-3-13(9-17)4-8-15/h3-4,7-8,12,14H,5-6,9-11,17H2,1-2H3,(H,18,20). The normalized spacial score (nSPS) is 15.8. The summed E-state index contributed by atoms with van der Waals surface area (Å²) in [4.78, 5) is 14.1. The van der Waals surface area contributed by atoms with Gasteiger partial charge < -0.3 is 15.8 Å². The van der Waals surface area contributed by atoms with Gasteiger partial charge in [-0.2, -0.15) is 0 Å². The van der Waals surface area contributed by atoms with E-state index in [9.17, 15) is 4.79 Å². The molecule has 5 nitrogen and oxygen atoms in total. The van der Waals surface area contributed by atoms with Crippen molar-refractivity contribution in [2.75, 3.05) is 20.2 Å². The molecule has 116 valence electrons. The monoisotopic (exact) mass is 291 g/mol. The van der Waals surface area contributed by atoms with Gasteiger partial charge in [-0.25, -0.2) is 0 Å². The topological polar surface area (TPSA) is 67.6 Å². The molecule has 5 heteroatoms. The van der Waals surface area contributed by atoms with Gasteiger partial charge in [0.1, 0.15) is 5.75 Å². The average molecular weight is 291 g/mol. The molecule has 0 heterocycles. The molecule has 1 amide bonds. The minimum atomic E-state index is -0.0889. The molecule has 1 aliphatic carbocycles. The van der Waals surface area contributed by atoms with Crippen molar-refractivity contribution in [2.45, 2.75) is 38.4 Å². The van der Waals surface area contributed by atoms with Crippen LogP contribution in [0.2, 0.25) is 0 Å². The second kappa shape index (κ2) is 7.43.